The van der Waals surface area contributed by atoms with Crippen molar-refractivity contribution in [1.82, 2.24) is 0 Å². The van der Waals surface area contributed by atoms with Gasteiger partial charge in [0.05, 0.1) is 0 Å². The Bertz CT molecular complexity index is 804. The minimum Gasteiger partial charge on any atom is -0.504 e. The molecule has 2 heteroatoms. The molecule has 0 aliphatic carbocycles. The van der Waals surface area contributed by atoms with Crippen LogP contribution < -0.4 is 0 Å². The molecular weight excluding hydrogens is 260 g/mol. The van der Waals surface area contributed by atoms with Crippen LogP contribution in [0.5, 0.6) is 11.5 Å². The standard InChI is InChI=1S/C19H18O2/c1-12(2)16-10-17(19(21)18(20)11-16)15-8-7-13-5-3-4-6-14(13)9-15/h3-12,20-21H,1-2H3. The molecule has 0 aliphatic heterocycles. The van der Waals surface area contributed by atoms with Gasteiger partial charge < -0.3 is 10.2 Å². The van der Waals surface area contributed by atoms with Crippen molar-refractivity contribution >= 4 is 10.8 Å². The van der Waals surface area contributed by atoms with E-state index >= 15 is 0 Å². The van der Waals surface area contributed by atoms with Crippen LogP contribution in [-0.2, 0) is 0 Å². The third kappa shape index (κ3) is 2.45. The first-order valence-corrected chi connectivity index (χ1v) is 7.11. The van der Waals surface area contributed by atoms with E-state index in [1.807, 2.05) is 42.5 Å². The average Bonchev–Trinajstić information content (AvgIpc) is 2.49. The van der Waals surface area contributed by atoms with E-state index in [4.69, 9.17) is 0 Å². The highest BCUT2D eigenvalue weighted by atomic mass is 16.3. The van der Waals surface area contributed by atoms with Crippen molar-refractivity contribution in [3.05, 3.63) is 60.2 Å². The summed E-state index contributed by atoms with van der Waals surface area (Å²) in [5.74, 6) is 0.162. The lowest BCUT2D eigenvalue weighted by Gasteiger charge is -2.13. The van der Waals surface area contributed by atoms with Crippen molar-refractivity contribution in [1.29, 1.82) is 0 Å². The van der Waals surface area contributed by atoms with E-state index < -0.39 is 0 Å². The summed E-state index contributed by atoms with van der Waals surface area (Å²) in [6.07, 6.45) is 0. The topological polar surface area (TPSA) is 40.5 Å². The van der Waals surface area contributed by atoms with Gasteiger partial charge >= 0.3 is 0 Å². The van der Waals surface area contributed by atoms with Gasteiger partial charge in [-0.3, -0.25) is 0 Å². The van der Waals surface area contributed by atoms with Crippen molar-refractivity contribution in [2.45, 2.75) is 19.8 Å². The Morgan fingerprint density at radius 1 is 0.810 bits per heavy atom. The lowest BCUT2D eigenvalue weighted by Crippen LogP contribution is -1.90. The molecule has 0 spiro atoms. The Balaban J connectivity index is 2.21. The van der Waals surface area contributed by atoms with E-state index in [1.54, 1.807) is 6.07 Å². The van der Waals surface area contributed by atoms with Crippen LogP contribution in [0.1, 0.15) is 25.3 Å². The molecule has 2 nitrogen and oxygen atoms in total. The first-order chi connectivity index (χ1) is 10.1. The molecule has 2 N–H and O–H groups in total. The molecule has 106 valence electrons. The molecule has 0 fully saturated rings. The highest BCUT2D eigenvalue weighted by Crippen LogP contribution is 2.40. The van der Waals surface area contributed by atoms with Gasteiger partial charge in [-0.25, -0.2) is 0 Å². The second-order valence-corrected chi connectivity index (χ2v) is 5.65. The predicted molar refractivity (Wildman–Crippen MR) is 86.8 cm³/mol. The highest BCUT2D eigenvalue weighted by molar-refractivity contribution is 5.88. The van der Waals surface area contributed by atoms with Gasteiger partial charge in [0.15, 0.2) is 11.5 Å². The Kier molecular flexibility index (Phi) is 3.30. The highest BCUT2D eigenvalue weighted by Gasteiger charge is 2.13. The molecule has 0 saturated heterocycles. The van der Waals surface area contributed by atoms with Crippen molar-refractivity contribution in [2.24, 2.45) is 0 Å². The Morgan fingerprint density at radius 2 is 1.52 bits per heavy atom. The smallest absolute Gasteiger partial charge is 0.165 e. The van der Waals surface area contributed by atoms with E-state index in [0.29, 0.717) is 5.56 Å². The molecule has 0 aliphatic rings. The largest absolute Gasteiger partial charge is 0.504 e. The number of benzene rings is 3. The summed E-state index contributed by atoms with van der Waals surface area (Å²) in [4.78, 5) is 0. The Labute approximate surface area is 124 Å². The van der Waals surface area contributed by atoms with Crippen LogP contribution in [0.15, 0.2) is 54.6 Å². The molecule has 0 heterocycles. The maximum atomic E-state index is 10.2. The molecular formula is C19H18O2. The number of phenolic OH excluding ortho intramolecular Hbond substituents is 2. The fraction of sp³-hybridized carbons (Fsp3) is 0.158. The molecule has 0 atom stereocenters. The fourth-order valence-corrected chi connectivity index (χ4v) is 2.55. The average molecular weight is 278 g/mol. The normalized spacial score (nSPS) is 11.2. The molecule has 3 aromatic carbocycles. The molecule has 0 radical (unpaired) electrons. The van der Waals surface area contributed by atoms with Crippen molar-refractivity contribution in [2.75, 3.05) is 0 Å². The maximum absolute atomic E-state index is 10.2. The fourth-order valence-electron chi connectivity index (χ4n) is 2.55. The summed E-state index contributed by atoms with van der Waals surface area (Å²) < 4.78 is 0. The minimum absolute atomic E-state index is 0.0605. The van der Waals surface area contributed by atoms with Crippen LogP contribution in [0.3, 0.4) is 0 Å². The zero-order chi connectivity index (χ0) is 15.0. The number of aromatic hydroxyl groups is 2. The van der Waals surface area contributed by atoms with Gasteiger partial charge in [0.2, 0.25) is 0 Å². The summed E-state index contributed by atoms with van der Waals surface area (Å²) >= 11 is 0. The first-order valence-electron chi connectivity index (χ1n) is 7.11. The molecule has 0 unspecified atom stereocenters. The molecule has 21 heavy (non-hydrogen) atoms. The SMILES string of the molecule is CC(C)c1cc(O)c(O)c(-c2ccc3ccccc3c2)c1. The quantitative estimate of drug-likeness (QED) is 0.644. The summed E-state index contributed by atoms with van der Waals surface area (Å²) in [5, 5.41) is 22.4. The van der Waals surface area contributed by atoms with Gasteiger partial charge in [0, 0.05) is 5.56 Å². The summed E-state index contributed by atoms with van der Waals surface area (Å²) in [6.45, 7) is 4.13. The van der Waals surface area contributed by atoms with Gasteiger partial charge in [-0.2, -0.15) is 0 Å². The van der Waals surface area contributed by atoms with Crippen LogP contribution in [0.4, 0.5) is 0 Å². The van der Waals surface area contributed by atoms with Gasteiger partial charge in [-0.15, -0.1) is 0 Å². The Hall–Kier alpha value is -2.48. The lowest BCUT2D eigenvalue weighted by molar-refractivity contribution is 0.404. The van der Waals surface area contributed by atoms with Crippen molar-refractivity contribution < 1.29 is 10.2 Å². The van der Waals surface area contributed by atoms with Gasteiger partial charge in [0.1, 0.15) is 0 Å². The lowest BCUT2D eigenvalue weighted by atomic mass is 9.94. The third-order valence-corrected chi connectivity index (χ3v) is 3.84. The number of rotatable bonds is 2. The maximum Gasteiger partial charge on any atom is 0.165 e. The van der Waals surface area contributed by atoms with Crippen LogP contribution in [-0.4, -0.2) is 10.2 Å². The van der Waals surface area contributed by atoms with Crippen LogP contribution in [0.2, 0.25) is 0 Å². The number of hydrogen-bond donors (Lipinski definition) is 2. The van der Waals surface area contributed by atoms with E-state index in [9.17, 15) is 10.2 Å². The second-order valence-electron chi connectivity index (χ2n) is 5.65. The zero-order valence-corrected chi connectivity index (χ0v) is 12.2. The summed E-state index contributed by atoms with van der Waals surface area (Å²) in [7, 11) is 0. The van der Waals surface area contributed by atoms with Gasteiger partial charge in [-0.05, 0) is 46.0 Å². The molecule has 3 aromatic rings. The van der Waals surface area contributed by atoms with E-state index in [1.165, 1.54) is 0 Å². The predicted octanol–water partition coefficient (Wildman–Crippen LogP) is 5.04. The second kappa shape index (κ2) is 5.13. The minimum atomic E-state index is -0.0654. The molecule has 0 bridgehead atoms. The van der Waals surface area contributed by atoms with E-state index in [2.05, 4.69) is 19.9 Å². The third-order valence-electron chi connectivity index (χ3n) is 3.84. The van der Waals surface area contributed by atoms with Crippen LogP contribution in [0, 0.1) is 0 Å². The first kappa shape index (κ1) is 13.5. The molecule has 3 rings (SSSR count). The Morgan fingerprint density at radius 3 is 2.24 bits per heavy atom. The molecule has 0 aromatic heterocycles. The molecule has 0 amide bonds. The van der Waals surface area contributed by atoms with Crippen LogP contribution >= 0.6 is 0 Å². The van der Waals surface area contributed by atoms with Crippen molar-refractivity contribution in [3.63, 3.8) is 0 Å². The van der Waals surface area contributed by atoms with Gasteiger partial charge in [0.25, 0.3) is 0 Å². The summed E-state index contributed by atoms with van der Waals surface area (Å²) in [6, 6.07) is 17.7. The van der Waals surface area contributed by atoms with E-state index in [-0.39, 0.29) is 17.4 Å². The monoisotopic (exact) mass is 278 g/mol. The van der Waals surface area contributed by atoms with Crippen LogP contribution in [0.25, 0.3) is 21.9 Å². The number of fused-ring (bicyclic) bond motifs is 1. The van der Waals surface area contributed by atoms with E-state index in [0.717, 1.165) is 21.9 Å². The van der Waals surface area contributed by atoms with Crippen molar-refractivity contribution in [3.8, 4) is 22.6 Å². The number of hydrogen-bond acceptors (Lipinski definition) is 2. The molecule has 0 saturated carbocycles. The van der Waals surface area contributed by atoms with Gasteiger partial charge in [-0.1, -0.05) is 50.2 Å². The summed E-state index contributed by atoms with van der Waals surface area (Å²) in [5.41, 5.74) is 2.59. The number of phenols is 2. The zero-order valence-electron chi connectivity index (χ0n) is 12.2.